The largest absolute Gasteiger partial charge is 0.481 e. The minimum Gasteiger partial charge on any atom is -0.481 e. The summed E-state index contributed by atoms with van der Waals surface area (Å²) >= 11 is 3.85. The zero-order chi connectivity index (χ0) is 24.8. The van der Waals surface area contributed by atoms with Gasteiger partial charge in [0.15, 0.2) is 0 Å². The number of nitrogens with two attached hydrogens (primary N) is 2. The van der Waals surface area contributed by atoms with Gasteiger partial charge in [0.1, 0.15) is 18.1 Å². The number of hydrogen-bond donors (Lipinski definition) is 9. The van der Waals surface area contributed by atoms with Crippen molar-refractivity contribution in [2.45, 2.75) is 56.3 Å². The summed E-state index contributed by atoms with van der Waals surface area (Å²) in [6.45, 7) is 0.276. The predicted octanol–water partition coefficient (Wildman–Crippen LogP) is -3.14. The number of carbonyl (C=O) groups excluding carboxylic acids is 3. The van der Waals surface area contributed by atoms with Gasteiger partial charge in [0.2, 0.25) is 17.7 Å². The molecule has 0 aromatic heterocycles. The molecule has 0 fully saturated rings. The van der Waals surface area contributed by atoms with Crippen molar-refractivity contribution in [3.63, 3.8) is 0 Å². The van der Waals surface area contributed by atoms with E-state index >= 15 is 0 Å². The SMILES string of the molecule is NCCCCC(NC(=O)C(CC(=O)O)NC(=O)C(N)CS)C(=O)NC(CC(=O)O)C(=O)O. The molecule has 4 atom stereocenters. The first-order valence-corrected chi connectivity index (χ1v) is 10.2. The van der Waals surface area contributed by atoms with E-state index in [2.05, 4.69) is 23.3 Å². The van der Waals surface area contributed by atoms with Crippen LogP contribution >= 0.6 is 12.6 Å². The minimum atomic E-state index is -1.75. The monoisotopic (exact) mass is 479 g/mol. The van der Waals surface area contributed by atoms with E-state index < -0.39 is 72.6 Å². The van der Waals surface area contributed by atoms with Gasteiger partial charge in [-0.15, -0.1) is 0 Å². The van der Waals surface area contributed by atoms with Crippen LogP contribution in [0.15, 0.2) is 0 Å². The van der Waals surface area contributed by atoms with Gasteiger partial charge in [0, 0.05) is 5.75 Å². The van der Waals surface area contributed by atoms with Crippen molar-refractivity contribution in [2.75, 3.05) is 12.3 Å². The normalized spacial score (nSPS) is 14.3. The molecule has 0 bridgehead atoms. The number of carboxylic acid groups (broad SMARTS) is 3. The van der Waals surface area contributed by atoms with Crippen LogP contribution in [0.5, 0.6) is 0 Å². The van der Waals surface area contributed by atoms with Crippen LogP contribution in [0.1, 0.15) is 32.1 Å². The number of amides is 3. The number of carbonyl (C=O) groups is 6. The lowest BCUT2D eigenvalue weighted by molar-refractivity contribution is -0.147. The quantitative estimate of drug-likeness (QED) is 0.0789. The van der Waals surface area contributed by atoms with E-state index in [9.17, 15) is 28.8 Å². The van der Waals surface area contributed by atoms with E-state index in [1.807, 2.05) is 5.32 Å². The first-order chi connectivity index (χ1) is 14.9. The zero-order valence-electron chi connectivity index (χ0n) is 17.2. The molecule has 0 rings (SSSR count). The summed E-state index contributed by atoms with van der Waals surface area (Å²) in [6.07, 6.45) is -0.915. The second kappa shape index (κ2) is 15.0. The fourth-order valence-electron chi connectivity index (χ4n) is 2.43. The number of thiol groups is 1. The van der Waals surface area contributed by atoms with Gasteiger partial charge < -0.3 is 42.7 Å². The lowest BCUT2D eigenvalue weighted by Crippen LogP contribution is -2.57. The van der Waals surface area contributed by atoms with E-state index in [0.717, 1.165) is 0 Å². The van der Waals surface area contributed by atoms with E-state index in [1.165, 1.54) is 0 Å². The van der Waals surface area contributed by atoms with Crippen molar-refractivity contribution in [2.24, 2.45) is 11.5 Å². The molecular formula is C17H29N5O9S. The number of hydrogen-bond acceptors (Lipinski definition) is 9. The molecule has 32 heavy (non-hydrogen) atoms. The Bertz CT molecular complexity index is 706. The maximum Gasteiger partial charge on any atom is 0.326 e. The predicted molar refractivity (Wildman–Crippen MR) is 113 cm³/mol. The second-order valence-corrected chi connectivity index (χ2v) is 7.16. The van der Waals surface area contributed by atoms with Gasteiger partial charge in [-0.3, -0.25) is 24.0 Å². The highest BCUT2D eigenvalue weighted by atomic mass is 32.1. The smallest absolute Gasteiger partial charge is 0.326 e. The van der Waals surface area contributed by atoms with Gasteiger partial charge in [0.05, 0.1) is 18.9 Å². The fourth-order valence-corrected chi connectivity index (χ4v) is 2.59. The lowest BCUT2D eigenvalue weighted by Gasteiger charge is -2.24. The Labute approximate surface area is 188 Å². The van der Waals surface area contributed by atoms with Crippen LogP contribution < -0.4 is 27.4 Å². The van der Waals surface area contributed by atoms with Crippen molar-refractivity contribution in [1.29, 1.82) is 0 Å². The van der Waals surface area contributed by atoms with Crippen LogP contribution in [0.2, 0.25) is 0 Å². The van der Waals surface area contributed by atoms with E-state index in [-0.39, 0.29) is 18.7 Å². The summed E-state index contributed by atoms with van der Waals surface area (Å²) in [7, 11) is 0. The van der Waals surface area contributed by atoms with Gasteiger partial charge in [-0.05, 0) is 25.8 Å². The molecule has 0 aliphatic heterocycles. The molecule has 182 valence electrons. The number of rotatable bonds is 16. The highest BCUT2D eigenvalue weighted by Crippen LogP contribution is 2.05. The van der Waals surface area contributed by atoms with Crippen molar-refractivity contribution in [1.82, 2.24) is 16.0 Å². The van der Waals surface area contributed by atoms with Crippen molar-refractivity contribution in [3.05, 3.63) is 0 Å². The highest BCUT2D eigenvalue weighted by Gasteiger charge is 2.31. The summed E-state index contributed by atoms with van der Waals surface area (Å²) in [5, 5.41) is 33.4. The molecule has 14 nitrogen and oxygen atoms in total. The van der Waals surface area contributed by atoms with Gasteiger partial charge in [-0.2, -0.15) is 12.6 Å². The zero-order valence-corrected chi connectivity index (χ0v) is 18.0. The van der Waals surface area contributed by atoms with E-state index in [0.29, 0.717) is 12.8 Å². The third-order valence-electron chi connectivity index (χ3n) is 4.12. The molecule has 3 amide bonds. The van der Waals surface area contributed by atoms with Crippen LogP contribution in [-0.4, -0.2) is 87.4 Å². The first-order valence-electron chi connectivity index (χ1n) is 9.56. The van der Waals surface area contributed by atoms with E-state index in [4.69, 9.17) is 26.8 Å². The molecule has 0 radical (unpaired) electrons. The van der Waals surface area contributed by atoms with Crippen LogP contribution in [0.25, 0.3) is 0 Å². The number of carboxylic acids is 3. The van der Waals surface area contributed by atoms with Gasteiger partial charge in [-0.25, -0.2) is 4.79 Å². The summed E-state index contributed by atoms with van der Waals surface area (Å²) in [5.74, 6) is -7.39. The molecule has 15 heteroatoms. The molecule has 0 spiro atoms. The van der Waals surface area contributed by atoms with Crippen LogP contribution in [-0.2, 0) is 28.8 Å². The second-order valence-electron chi connectivity index (χ2n) is 6.79. The Morgan fingerprint density at radius 1 is 0.750 bits per heavy atom. The molecule has 0 saturated carbocycles. The Kier molecular flexibility index (Phi) is 13.6. The molecule has 0 heterocycles. The van der Waals surface area contributed by atoms with Crippen molar-refractivity contribution < 1.29 is 44.1 Å². The average molecular weight is 480 g/mol. The number of nitrogens with one attached hydrogen (secondary N) is 3. The Morgan fingerprint density at radius 2 is 1.22 bits per heavy atom. The van der Waals surface area contributed by atoms with E-state index in [1.54, 1.807) is 0 Å². The van der Waals surface area contributed by atoms with Gasteiger partial charge >= 0.3 is 17.9 Å². The molecule has 0 saturated heterocycles. The van der Waals surface area contributed by atoms with Crippen LogP contribution in [0.3, 0.4) is 0 Å². The lowest BCUT2D eigenvalue weighted by atomic mass is 10.1. The standard InChI is InChI=1S/C17H29N5O9S/c18-4-2-1-3-9(15(28)22-11(17(30)31)6-13(25)26)20-16(29)10(5-12(23)24)21-14(27)8(19)7-32/h8-11,32H,1-7,18-19H2,(H,20,29)(H,21,27)(H,22,28)(H,23,24)(H,25,26)(H,30,31). The Morgan fingerprint density at radius 3 is 1.69 bits per heavy atom. The molecule has 0 aromatic rings. The molecular weight excluding hydrogens is 450 g/mol. The summed E-state index contributed by atoms with van der Waals surface area (Å²) in [5.41, 5.74) is 10.9. The average Bonchev–Trinajstić information content (AvgIpc) is 2.70. The maximum absolute atomic E-state index is 12.6. The minimum absolute atomic E-state index is 0.00191. The molecule has 0 aliphatic carbocycles. The Balaban J connectivity index is 5.50. The fraction of sp³-hybridized carbons (Fsp3) is 0.647. The molecule has 0 aromatic carbocycles. The van der Waals surface area contributed by atoms with Gasteiger partial charge in [0.25, 0.3) is 0 Å². The van der Waals surface area contributed by atoms with Crippen molar-refractivity contribution >= 4 is 48.3 Å². The molecule has 10 N–H and O–H groups in total. The van der Waals surface area contributed by atoms with Crippen molar-refractivity contribution in [3.8, 4) is 0 Å². The third kappa shape index (κ3) is 11.5. The first kappa shape index (κ1) is 29.1. The van der Waals surface area contributed by atoms with Crippen LogP contribution in [0, 0.1) is 0 Å². The van der Waals surface area contributed by atoms with Crippen LogP contribution in [0.4, 0.5) is 0 Å². The molecule has 0 aliphatic rings. The summed E-state index contributed by atoms with van der Waals surface area (Å²) < 4.78 is 0. The number of aliphatic carboxylic acids is 3. The third-order valence-corrected chi connectivity index (χ3v) is 4.51. The Hall–Kier alpha value is -2.91. The highest BCUT2D eigenvalue weighted by molar-refractivity contribution is 7.80. The number of unbranched alkanes of at least 4 members (excludes halogenated alkanes) is 1. The maximum atomic E-state index is 12.6. The van der Waals surface area contributed by atoms with Gasteiger partial charge in [-0.1, -0.05) is 0 Å². The summed E-state index contributed by atoms with van der Waals surface area (Å²) in [4.78, 5) is 70.2. The topological polar surface area (TPSA) is 251 Å². The molecule has 4 unspecified atom stereocenters. The summed E-state index contributed by atoms with van der Waals surface area (Å²) in [6, 6.07) is -5.78.